The topological polar surface area (TPSA) is 0 Å². The van der Waals surface area contributed by atoms with Gasteiger partial charge in [-0.15, -0.1) is 0 Å². The van der Waals surface area contributed by atoms with Crippen molar-refractivity contribution < 1.29 is 4.39 Å². The van der Waals surface area contributed by atoms with Crippen molar-refractivity contribution in [1.29, 1.82) is 0 Å². The fourth-order valence-corrected chi connectivity index (χ4v) is 1.68. The molecule has 0 radical (unpaired) electrons. The molecule has 0 aliphatic carbocycles. The molecule has 0 heterocycles. The zero-order valence-corrected chi connectivity index (χ0v) is 9.17. The van der Waals surface area contributed by atoms with Crippen LogP contribution in [-0.2, 0) is 5.41 Å². The molecule has 1 aromatic carbocycles. The van der Waals surface area contributed by atoms with E-state index in [2.05, 4.69) is 20.8 Å². The van der Waals surface area contributed by atoms with Crippen LogP contribution in [0.2, 0.25) is 5.02 Å². The van der Waals surface area contributed by atoms with E-state index in [0.717, 1.165) is 5.56 Å². The first-order chi connectivity index (χ1) is 5.84. The Hall–Kier alpha value is -0.560. The zero-order valence-electron chi connectivity index (χ0n) is 8.41. The molecule has 0 atom stereocenters. The Labute approximate surface area is 83.7 Å². The zero-order chi connectivity index (χ0) is 10.2. The summed E-state index contributed by atoms with van der Waals surface area (Å²) in [5, 5.41) is 0.549. The molecule has 0 aliphatic rings. The molecule has 72 valence electrons. The van der Waals surface area contributed by atoms with Gasteiger partial charge in [0.25, 0.3) is 0 Å². The minimum absolute atomic E-state index is 0.0322. The van der Waals surface area contributed by atoms with Gasteiger partial charge in [-0.05, 0) is 24.0 Å². The lowest BCUT2D eigenvalue weighted by molar-refractivity contribution is 0.580. The van der Waals surface area contributed by atoms with Gasteiger partial charge in [-0.2, -0.15) is 0 Å². The summed E-state index contributed by atoms with van der Waals surface area (Å²) >= 11 is 6.04. The summed E-state index contributed by atoms with van der Waals surface area (Å²) in [6.07, 6.45) is 0. The number of halogens is 2. The van der Waals surface area contributed by atoms with E-state index in [1.165, 1.54) is 6.07 Å². The third kappa shape index (κ3) is 2.02. The summed E-state index contributed by atoms with van der Waals surface area (Å²) in [7, 11) is 0. The standard InChI is InChI=1S/C11H14ClF/c1-7-9(13)6-5-8(10(7)12)11(2,3)4/h5-6H,1-4H3. The summed E-state index contributed by atoms with van der Waals surface area (Å²) in [5.41, 5.74) is 1.50. The van der Waals surface area contributed by atoms with Gasteiger partial charge in [-0.3, -0.25) is 0 Å². The van der Waals surface area contributed by atoms with Crippen LogP contribution in [0.25, 0.3) is 0 Å². The van der Waals surface area contributed by atoms with Crippen molar-refractivity contribution >= 4 is 11.6 Å². The van der Waals surface area contributed by atoms with Crippen molar-refractivity contribution in [3.05, 3.63) is 34.1 Å². The number of benzene rings is 1. The predicted molar refractivity (Wildman–Crippen MR) is 54.8 cm³/mol. The molecular formula is C11H14ClF. The molecule has 0 nitrogen and oxygen atoms in total. The molecule has 0 N–H and O–H groups in total. The Morgan fingerprint density at radius 2 is 1.77 bits per heavy atom. The molecule has 0 bridgehead atoms. The van der Waals surface area contributed by atoms with Gasteiger partial charge in [0.2, 0.25) is 0 Å². The van der Waals surface area contributed by atoms with E-state index in [1.807, 2.05) is 0 Å². The Balaban J connectivity index is 3.35. The normalized spacial score (nSPS) is 11.8. The van der Waals surface area contributed by atoms with Gasteiger partial charge in [-0.25, -0.2) is 4.39 Å². The lowest BCUT2D eigenvalue weighted by atomic mass is 9.86. The van der Waals surface area contributed by atoms with Crippen LogP contribution in [0, 0.1) is 12.7 Å². The first-order valence-corrected chi connectivity index (χ1v) is 4.67. The van der Waals surface area contributed by atoms with Crippen molar-refractivity contribution in [2.45, 2.75) is 33.1 Å². The van der Waals surface area contributed by atoms with Crippen LogP contribution in [0.3, 0.4) is 0 Å². The van der Waals surface area contributed by atoms with E-state index in [4.69, 9.17) is 11.6 Å². The lowest BCUT2D eigenvalue weighted by Crippen LogP contribution is -2.12. The third-order valence-corrected chi connectivity index (χ3v) is 2.62. The maximum absolute atomic E-state index is 13.1. The lowest BCUT2D eigenvalue weighted by Gasteiger charge is -2.21. The molecule has 0 saturated carbocycles. The Morgan fingerprint density at radius 1 is 1.23 bits per heavy atom. The summed E-state index contributed by atoms with van der Waals surface area (Å²) in [5.74, 6) is -0.238. The minimum Gasteiger partial charge on any atom is -0.207 e. The second-order valence-electron chi connectivity index (χ2n) is 4.28. The summed E-state index contributed by atoms with van der Waals surface area (Å²) in [6.45, 7) is 7.88. The molecule has 2 heteroatoms. The Kier molecular flexibility index (Phi) is 2.67. The average Bonchev–Trinajstić information content (AvgIpc) is 1.98. The molecule has 0 saturated heterocycles. The molecule has 0 aromatic heterocycles. The van der Waals surface area contributed by atoms with Gasteiger partial charge >= 0.3 is 0 Å². The largest absolute Gasteiger partial charge is 0.207 e. The van der Waals surface area contributed by atoms with E-state index in [1.54, 1.807) is 13.0 Å². The SMILES string of the molecule is Cc1c(F)ccc(C(C)(C)C)c1Cl. The Bertz CT molecular complexity index is 324. The van der Waals surface area contributed by atoms with Crippen molar-refractivity contribution in [3.8, 4) is 0 Å². The highest BCUT2D eigenvalue weighted by Gasteiger charge is 2.19. The van der Waals surface area contributed by atoms with Crippen LogP contribution >= 0.6 is 11.6 Å². The summed E-state index contributed by atoms with van der Waals surface area (Å²) in [6, 6.07) is 3.23. The average molecular weight is 201 g/mol. The third-order valence-electron chi connectivity index (χ3n) is 2.13. The molecule has 1 rings (SSSR count). The maximum atomic E-state index is 13.1. The van der Waals surface area contributed by atoms with E-state index >= 15 is 0 Å². The number of hydrogen-bond donors (Lipinski definition) is 0. The number of hydrogen-bond acceptors (Lipinski definition) is 0. The summed E-state index contributed by atoms with van der Waals surface area (Å²) < 4.78 is 13.1. The monoisotopic (exact) mass is 200 g/mol. The fraction of sp³-hybridized carbons (Fsp3) is 0.455. The van der Waals surface area contributed by atoms with Crippen LogP contribution in [0.5, 0.6) is 0 Å². The predicted octanol–water partition coefficient (Wildman–Crippen LogP) is 4.09. The highest BCUT2D eigenvalue weighted by Crippen LogP contribution is 2.32. The van der Waals surface area contributed by atoms with Crippen LogP contribution in [-0.4, -0.2) is 0 Å². The van der Waals surface area contributed by atoms with Crippen LogP contribution in [0.4, 0.5) is 4.39 Å². The second kappa shape index (κ2) is 3.30. The second-order valence-corrected chi connectivity index (χ2v) is 4.66. The quantitative estimate of drug-likeness (QED) is 0.592. The van der Waals surface area contributed by atoms with E-state index in [9.17, 15) is 4.39 Å². The van der Waals surface area contributed by atoms with Gasteiger partial charge in [0.1, 0.15) is 5.82 Å². The van der Waals surface area contributed by atoms with Crippen molar-refractivity contribution in [2.75, 3.05) is 0 Å². The van der Waals surface area contributed by atoms with E-state index in [-0.39, 0.29) is 11.2 Å². The van der Waals surface area contributed by atoms with E-state index < -0.39 is 0 Å². The Morgan fingerprint density at radius 3 is 2.23 bits per heavy atom. The summed E-state index contributed by atoms with van der Waals surface area (Å²) in [4.78, 5) is 0. The molecular weight excluding hydrogens is 187 g/mol. The molecule has 0 fully saturated rings. The fourth-order valence-electron chi connectivity index (χ4n) is 1.24. The van der Waals surface area contributed by atoms with Gasteiger partial charge < -0.3 is 0 Å². The molecule has 0 spiro atoms. The van der Waals surface area contributed by atoms with Crippen molar-refractivity contribution in [3.63, 3.8) is 0 Å². The van der Waals surface area contributed by atoms with Gasteiger partial charge in [-0.1, -0.05) is 38.4 Å². The first kappa shape index (κ1) is 10.5. The van der Waals surface area contributed by atoms with Crippen molar-refractivity contribution in [2.24, 2.45) is 0 Å². The van der Waals surface area contributed by atoms with E-state index in [0.29, 0.717) is 10.6 Å². The highest BCUT2D eigenvalue weighted by molar-refractivity contribution is 6.32. The molecule has 1 aromatic rings. The van der Waals surface area contributed by atoms with Crippen LogP contribution in [0.1, 0.15) is 31.9 Å². The maximum Gasteiger partial charge on any atom is 0.127 e. The van der Waals surface area contributed by atoms with Crippen LogP contribution < -0.4 is 0 Å². The number of rotatable bonds is 0. The smallest absolute Gasteiger partial charge is 0.127 e. The molecule has 0 aliphatic heterocycles. The first-order valence-electron chi connectivity index (χ1n) is 4.29. The molecule has 0 amide bonds. The van der Waals surface area contributed by atoms with Crippen molar-refractivity contribution in [1.82, 2.24) is 0 Å². The van der Waals surface area contributed by atoms with Gasteiger partial charge in [0, 0.05) is 5.56 Å². The van der Waals surface area contributed by atoms with Gasteiger partial charge in [0.05, 0.1) is 5.02 Å². The van der Waals surface area contributed by atoms with Crippen LogP contribution in [0.15, 0.2) is 12.1 Å². The molecule has 0 unspecified atom stereocenters. The van der Waals surface area contributed by atoms with Gasteiger partial charge in [0.15, 0.2) is 0 Å². The highest BCUT2D eigenvalue weighted by atomic mass is 35.5. The molecule has 13 heavy (non-hydrogen) atoms. The minimum atomic E-state index is -0.238.